The molecule has 0 bridgehead atoms. The zero-order valence-corrected chi connectivity index (χ0v) is 14.9. The van der Waals surface area contributed by atoms with Gasteiger partial charge >= 0.3 is 0 Å². The third-order valence-electron chi connectivity index (χ3n) is 4.72. The predicted molar refractivity (Wildman–Crippen MR) is 103 cm³/mol. The molecule has 3 aromatic rings. The van der Waals surface area contributed by atoms with Gasteiger partial charge in [-0.3, -0.25) is 4.79 Å². The van der Waals surface area contributed by atoms with E-state index in [1.807, 2.05) is 6.07 Å². The summed E-state index contributed by atoms with van der Waals surface area (Å²) in [6.45, 7) is 0.705. The lowest BCUT2D eigenvalue weighted by atomic mass is 10.1. The Hall–Kier alpha value is -2.33. The van der Waals surface area contributed by atoms with E-state index >= 15 is 0 Å². The Labute approximate surface area is 151 Å². The number of hydrogen-bond acceptors (Lipinski definition) is 3. The molecule has 4 heteroatoms. The second kappa shape index (κ2) is 7.28. The standard InChI is InChI=1S/C21H21NO2S/c23-21(13-24-18-9-8-15-4-3-5-16(15)12-18)22-11-10-17-14-25-20-7-2-1-6-19(17)20/h1-2,6-9,12,14H,3-5,10-11,13H2,(H,22,23). The lowest BCUT2D eigenvalue weighted by molar-refractivity contribution is -0.123. The van der Waals surface area contributed by atoms with Gasteiger partial charge in [0, 0.05) is 11.2 Å². The van der Waals surface area contributed by atoms with Crippen molar-refractivity contribution in [2.75, 3.05) is 13.2 Å². The highest BCUT2D eigenvalue weighted by Gasteiger charge is 2.12. The number of rotatable bonds is 6. The van der Waals surface area contributed by atoms with E-state index in [0.29, 0.717) is 6.54 Å². The number of carbonyl (C=O) groups excluding carboxylic acids is 1. The summed E-state index contributed by atoms with van der Waals surface area (Å²) in [4.78, 5) is 12.0. The Balaban J connectivity index is 1.25. The monoisotopic (exact) mass is 351 g/mol. The van der Waals surface area contributed by atoms with Crippen molar-refractivity contribution < 1.29 is 9.53 Å². The maximum absolute atomic E-state index is 12.0. The minimum atomic E-state index is -0.0694. The van der Waals surface area contributed by atoms with E-state index in [1.165, 1.54) is 33.2 Å². The molecule has 3 nitrogen and oxygen atoms in total. The largest absolute Gasteiger partial charge is 0.484 e. The first kappa shape index (κ1) is 16.2. The van der Waals surface area contributed by atoms with Gasteiger partial charge in [-0.25, -0.2) is 0 Å². The average Bonchev–Trinajstić information content (AvgIpc) is 3.26. The Morgan fingerprint density at radius 2 is 2.00 bits per heavy atom. The van der Waals surface area contributed by atoms with Crippen molar-refractivity contribution in [3.05, 3.63) is 64.5 Å². The molecule has 1 N–H and O–H groups in total. The first-order valence-electron chi connectivity index (χ1n) is 8.76. The van der Waals surface area contributed by atoms with Crippen LogP contribution >= 0.6 is 11.3 Å². The highest BCUT2D eigenvalue weighted by Crippen LogP contribution is 2.26. The summed E-state index contributed by atoms with van der Waals surface area (Å²) in [5, 5.41) is 6.42. The van der Waals surface area contributed by atoms with Crippen LogP contribution in [0.15, 0.2) is 47.8 Å². The van der Waals surface area contributed by atoms with E-state index in [9.17, 15) is 4.79 Å². The van der Waals surface area contributed by atoms with Crippen molar-refractivity contribution in [1.82, 2.24) is 5.32 Å². The molecule has 1 heterocycles. The molecule has 0 radical (unpaired) electrons. The van der Waals surface area contributed by atoms with Gasteiger partial charge in [-0.05, 0) is 71.3 Å². The number of benzene rings is 2. The highest BCUT2D eigenvalue weighted by molar-refractivity contribution is 7.17. The van der Waals surface area contributed by atoms with Gasteiger partial charge in [-0.2, -0.15) is 0 Å². The molecule has 1 aromatic heterocycles. The van der Waals surface area contributed by atoms with Crippen molar-refractivity contribution in [2.24, 2.45) is 0 Å². The number of aryl methyl sites for hydroxylation is 2. The molecule has 25 heavy (non-hydrogen) atoms. The van der Waals surface area contributed by atoms with Gasteiger partial charge in [0.15, 0.2) is 6.61 Å². The number of amides is 1. The van der Waals surface area contributed by atoms with Crippen LogP contribution in [0.5, 0.6) is 5.75 Å². The molecule has 0 spiro atoms. The molecule has 2 aromatic carbocycles. The van der Waals surface area contributed by atoms with Crippen LogP contribution in [0.2, 0.25) is 0 Å². The molecule has 0 fully saturated rings. The minimum Gasteiger partial charge on any atom is -0.484 e. The Morgan fingerprint density at radius 3 is 2.96 bits per heavy atom. The molecule has 1 aliphatic rings. The van der Waals surface area contributed by atoms with Crippen molar-refractivity contribution >= 4 is 27.3 Å². The summed E-state index contributed by atoms with van der Waals surface area (Å²) < 4.78 is 6.94. The predicted octanol–water partition coefficient (Wildman–Crippen LogP) is 4.13. The first-order valence-corrected chi connectivity index (χ1v) is 9.64. The van der Waals surface area contributed by atoms with E-state index in [0.717, 1.165) is 25.0 Å². The minimum absolute atomic E-state index is 0.0694. The fourth-order valence-electron chi connectivity index (χ4n) is 3.40. The Kier molecular flexibility index (Phi) is 4.70. The number of nitrogens with one attached hydrogen (secondary N) is 1. The Bertz CT molecular complexity index is 900. The molecular formula is C21H21NO2S. The van der Waals surface area contributed by atoms with Gasteiger partial charge in [0.1, 0.15) is 5.75 Å². The van der Waals surface area contributed by atoms with Gasteiger partial charge < -0.3 is 10.1 Å². The van der Waals surface area contributed by atoms with E-state index in [2.05, 4.69) is 47.1 Å². The third-order valence-corrected chi connectivity index (χ3v) is 5.73. The SMILES string of the molecule is O=C(COc1ccc2c(c1)CCC2)NCCc1csc2ccccc12. The summed E-state index contributed by atoms with van der Waals surface area (Å²) in [6, 6.07) is 14.5. The number of hydrogen-bond donors (Lipinski definition) is 1. The van der Waals surface area contributed by atoms with Gasteiger partial charge in [0.2, 0.25) is 0 Å². The van der Waals surface area contributed by atoms with Crippen molar-refractivity contribution in [3.63, 3.8) is 0 Å². The second-order valence-corrected chi connectivity index (χ2v) is 7.34. The van der Waals surface area contributed by atoms with Crippen LogP contribution in [0, 0.1) is 0 Å². The molecule has 128 valence electrons. The normalized spacial score (nSPS) is 13.0. The van der Waals surface area contributed by atoms with E-state index in [-0.39, 0.29) is 12.5 Å². The molecule has 0 saturated carbocycles. The molecule has 0 aliphatic heterocycles. The molecule has 0 saturated heterocycles. The maximum Gasteiger partial charge on any atom is 0.257 e. The van der Waals surface area contributed by atoms with Crippen LogP contribution in [-0.2, 0) is 24.1 Å². The van der Waals surface area contributed by atoms with Crippen LogP contribution in [0.25, 0.3) is 10.1 Å². The molecular weight excluding hydrogens is 330 g/mol. The topological polar surface area (TPSA) is 38.3 Å². The molecule has 0 atom stereocenters. The fourth-order valence-corrected chi connectivity index (χ4v) is 4.40. The van der Waals surface area contributed by atoms with Gasteiger partial charge in [-0.15, -0.1) is 11.3 Å². The molecule has 1 amide bonds. The van der Waals surface area contributed by atoms with Crippen molar-refractivity contribution in [2.45, 2.75) is 25.7 Å². The van der Waals surface area contributed by atoms with E-state index < -0.39 is 0 Å². The van der Waals surface area contributed by atoms with E-state index in [4.69, 9.17) is 4.74 Å². The van der Waals surface area contributed by atoms with Crippen molar-refractivity contribution in [3.8, 4) is 5.75 Å². The van der Waals surface area contributed by atoms with E-state index in [1.54, 1.807) is 11.3 Å². The zero-order chi connectivity index (χ0) is 17.1. The highest BCUT2D eigenvalue weighted by atomic mass is 32.1. The number of fused-ring (bicyclic) bond motifs is 2. The lowest BCUT2D eigenvalue weighted by Gasteiger charge is -2.09. The fraction of sp³-hybridized carbons (Fsp3) is 0.286. The molecule has 1 aliphatic carbocycles. The molecule has 4 rings (SSSR count). The average molecular weight is 351 g/mol. The number of ether oxygens (including phenoxy) is 1. The summed E-state index contributed by atoms with van der Waals surface area (Å²) in [5.41, 5.74) is 4.07. The number of thiophene rings is 1. The quantitative estimate of drug-likeness (QED) is 0.725. The Morgan fingerprint density at radius 1 is 1.12 bits per heavy atom. The van der Waals surface area contributed by atoms with Crippen LogP contribution in [0.4, 0.5) is 0 Å². The van der Waals surface area contributed by atoms with Crippen LogP contribution in [-0.4, -0.2) is 19.1 Å². The first-order chi connectivity index (χ1) is 12.3. The maximum atomic E-state index is 12.0. The van der Waals surface area contributed by atoms with Crippen LogP contribution in [0.3, 0.4) is 0 Å². The summed E-state index contributed by atoms with van der Waals surface area (Å²) in [6.07, 6.45) is 4.34. The second-order valence-electron chi connectivity index (χ2n) is 6.43. The third kappa shape index (κ3) is 3.69. The smallest absolute Gasteiger partial charge is 0.257 e. The lowest BCUT2D eigenvalue weighted by Crippen LogP contribution is -2.30. The van der Waals surface area contributed by atoms with Crippen LogP contribution < -0.4 is 10.1 Å². The summed E-state index contributed by atoms with van der Waals surface area (Å²) in [7, 11) is 0. The zero-order valence-electron chi connectivity index (χ0n) is 14.1. The van der Waals surface area contributed by atoms with Gasteiger partial charge in [-0.1, -0.05) is 24.3 Å². The summed E-state index contributed by atoms with van der Waals surface area (Å²) in [5.74, 6) is 0.722. The van der Waals surface area contributed by atoms with Crippen LogP contribution in [0.1, 0.15) is 23.1 Å². The van der Waals surface area contributed by atoms with Gasteiger partial charge in [0.25, 0.3) is 5.91 Å². The van der Waals surface area contributed by atoms with Gasteiger partial charge in [0.05, 0.1) is 0 Å². The molecule has 0 unspecified atom stereocenters. The van der Waals surface area contributed by atoms with Crippen molar-refractivity contribution in [1.29, 1.82) is 0 Å². The summed E-state index contributed by atoms with van der Waals surface area (Å²) >= 11 is 1.75. The number of carbonyl (C=O) groups is 1.